The molecule has 0 amide bonds. The van der Waals surface area contributed by atoms with Crippen molar-refractivity contribution >= 4 is 5.78 Å². The second-order valence-corrected chi connectivity index (χ2v) is 5.25. The summed E-state index contributed by atoms with van der Waals surface area (Å²) in [6.07, 6.45) is 4.39. The van der Waals surface area contributed by atoms with Gasteiger partial charge in [0, 0.05) is 0 Å². The second kappa shape index (κ2) is 5.64. The lowest BCUT2D eigenvalue weighted by molar-refractivity contribution is 0.0270. The predicted octanol–water partition coefficient (Wildman–Crippen LogP) is 4.00. The Bertz CT molecular complexity index is 459. The lowest BCUT2D eigenvalue weighted by Crippen LogP contribution is -2.41. The number of hydrogen-bond acceptors (Lipinski definition) is 3. The average Bonchev–Trinajstić information content (AvgIpc) is 2.39. The highest BCUT2D eigenvalue weighted by Gasteiger charge is 2.39. The summed E-state index contributed by atoms with van der Waals surface area (Å²) in [5, 5.41) is 0. The molecule has 0 saturated heterocycles. The Kier molecular flexibility index (Phi) is 4.13. The van der Waals surface area contributed by atoms with E-state index in [1.165, 1.54) is 0 Å². The van der Waals surface area contributed by atoms with Crippen LogP contribution < -0.4 is 9.47 Å². The largest absolute Gasteiger partial charge is 0.497 e. The van der Waals surface area contributed by atoms with E-state index in [0.717, 1.165) is 25.7 Å². The van der Waals surface area contributed by atoms with Crippen molar-refractivity contribution in [1.29, 1.82) is 0 Å². The molecule has 0 spiro atoms. The maximum Gasteiger partial charge on any atom is 0.170 e. The van der Waals surface area contributed by atoms with Gasteiger partial charge < -0.3 is 9.47 Å². The first-order valence-electron chi connectivity index (χ1n) is 7.04. The number of carbonyl (C=O) groups excluding carboxylic acids is 1. The van der Waals surface area contributed by atoms with Gasteiger partial charge >= 0.3 is 0 Å². The van der Waals surface area contributed by atoms with Gasteiger partial charge in [-0.3, -0.25) is 4.79 Å². The predicted molar refractivity (Wildman–Crippen MR) is 75.1 cm³/mol. The summed E-state index contributed by atoms with van der Waals surface area (Å²) in [4.78, 5) is 12.4. The topological polar surface area (TPSA) is 35.5 Å². The third-order valence-electron chi connectivity index (χ3n) is 3.71. The first-order chi connectivity index (χ1) is 9.14. The molecule has 0 saturated carbocycles. The Labute approximate surface area is 114 Å². The van der Waals surface area contributed by atoms with Crippen molar-refractivity contribution in [3.05, 3.63) is 23.8 Å². The third-order valence-corrected chi connectivity index (χ3v) is 3.71. The van der Waals surface area contributed by atoms with E-state index >= 15 is 0 Å². The SMILES string of the molecule is CCCC1(CCC)CC(=O)c2cc(OC)ccc2O1. The van der Waals surface area contributed by atoms with Crippen LogP contribution in [0.3, 0.4) is 0 Å². The fourth-order valence-electron chi connectivity index (χ4n) is 2.92. The van der Waals surface area contributed by atoms with Gasteiger partial charge in [0.05, 0.1) is 19.1 Å². The zero-order valence-corrected chi connectivity index (χ0v) is 12.0. The molecular weight excluding hydrogens is 240 g/mol. The van der Waals surface area contributed by atoms with E-state index < -0.39 is 0 Å². The molecule has 1 heterocycles. The van der Waals surface area contributed by atoms with Crippen LogP contribution in [0.4, 0.5) is 0 Å². The van der Waals surface area contributed by atoms with E-state index in [-0.39, 0.29) is 11.4 Å². The van der Waals surface area contributed by atoms with Gasteiger partial charge in [0.1, 0.15) is 17.1 Å². The molecule has 0 aliphatic carbocycles. The molecule has 0 N–H and O–H groups in total. The van der Waals surface area contributed by atoms with Crippen LogP contribution in [0.25, 0.3) is 0 Å². The highest BCUT2D eigenvalue weighted by atomic mass is 16.5. The number of hydrogen-bond donors (Lipinski definition) is 0. The summed E-state index contributed by atoms with van der Waals surface area (Å²) in [6, 6.07) is 5.48. The van der Waals surface area contributed by atoms with Crippen LogP contribution >= 0.6 is 0 Å². The van der Waals surface area contributed by atoms with Crippen molar-refractivity contribution in [1.82, 2.24) is 0 Å². The average molecular weight is 262 g/mol. The molecule has 0 aromatic heterocycles. The normalized spacial score (nSPS) is 16.7. The van der Waals surface area contributed by atoms with E-state index in [9.17, 15) is 4.79 Å². The van der Waals surface area contributed by atoms with Crippen LogP contribution in [0.2, 0.25) is 0 Å². The molecule has 104 valence electrons. The molecular formula is C16H22O3. The van der Waals surface area contributed by atoms with Crippen molar-refractivity contribution in [2.45, 2.75) is 51.6 Å². The molecule has 3 heteroatoms. The fourth-order valence-corrected chi connectivity index (χ4v) is 2.92. The van der Waals surface area contributed by atoms with Gasteiger partial charge in [-0.1, -0.05) is 26.7 Å². The van der Waals surface area contributed by atoms with Crippen LogP contribution in [0, 0.1) is 0 Å². The molecule has 0 unspecified atom stereocenters. The minimum atomic E-state index is -0.303. The maximum absolute atomic E-state index is 12.4. The number of carbonyl (C=O) groups is 1. The highest BCUT2D eigenvalue weighted by Crippen LogP contribution is 2.39. The zero-order valence-electron chi connectivity index (χ0n) is 12.0. The van der Waals surface area contributed by atoms with Crippen molar-refractivity contribution in [2.75, 3.05) is 7.11 Å². The fraction of sp³-hybridized carbons (Fsp3) is 0.562. The molecule has 0 fully saturated rings. The molecule has 19 heavy (non-hydrogen) atoms. The number of fused-ring (bicyclic) bond motifs is 1. The smallest absolute Gasteiger partial charge is 0.170 e. The van der Waals surface area contributed by atoms with Gasteiger partial charge in [-0.05, 0) is 31.0 Å². The number of benzene rings is 1. The summed E-state index contributed by atoms with van der Waals surface area (Å²) in [7, 11) is 1.61. The van der Waals surface area contributed by atoms with Gasteiger partial charge in [-0.2, -0.15) is 0 Å². The lowest BCUT2D eigenvalue weighted by Gasteiger charge is -2.38. The molecule has 1 aliphatic heterocycles. The van der Waals surface area contributed by atoms with E-state index in [0.29, 0.717) is 23.5 Å². The molecule has 2 rings (SSSR count). The monoisotopic (exact) mass is 262 g/mol. The molecule has 1 aromatic carbocycles. The van der Waals surface area contributed by atoms with Gasteiger partial charge in [-0.15, -0.1) is 0 Å². The van der Waals surface area contributed by atoms with Crippen molar-refractivity contribution in [3.63, 3.8) is 0 Å². The van der Waals surface area contributed by atoms with Crippen LogP contribution in [-0.4, -0.2) is 18.5 Å². The van der Waals surface area contributed by atoms with Crippen LogP contribution in [0.1, 0.15) is 56.3 Å². The summed E-state index contributed by atoms with van der Waals surface area (Å²) in [6.45, 7) is 4.27. The standard InChI is InChI=1S/C16H22O3/c1-4-8-16(9-5-2)11-14(17)13-10-12(18-3)6-7-15(13)19-16/h6-7,10H,4-5,8-9,11H2,1-3H3. The first-order valence-corrected chi connectivity index (χ1v) is 7.04. The van der Waals surface area contributed by atoms with E-state index in [1.54, 1.807) is 13.2 Å². The minimum Gasteiger partial charge on any atom is -0.497 e. The molecule has 0 atom stereocenters. The zero-order chi connectivity index (χ0) is 13.9. The lowest BCUT2D eigenvalue weighted by atomic mass is 9.83. The summed E-state index contributed by atoms with van der Waals surface area (Å²) < 4.78 is 11.4. The van der Waals surface area contributed by atoms with Crippen molar-refractivity contribution in [3.8, 4) is 11.5 Å². The molecule has 0 radical (unpaired) electrons. The highest BCUT2D eigenvalue weighted by molar-refractivity contribution is 6.00. The van der Waals surface area contributed by atoms with Crippen LogP contribution in [0.5, 0.6) is 11.5 Å². The first kappa shape index (κ1) is 13.9. The Morgan fingerprint density at radius 2 is 1.95 bits per heavy atom. The number of ether oxygens (including phenoxy) is 2. The Morgan fingerprint density at radius 3 is 2.53 bits per heavy atom. The van der Waals surface area contributed by atoms with Gasteiger partial charge in [0.2, 0.25) is 0 Å². The summed E-state index contributed by atoms with van der Waals surface area (Å²) in [5.41, 5.74) is 0.351. The second-order valence-electron chi connectivity index (χ2n) is 5.25. The number of ketones is 1. The number of methoxy groups -OCH3 is 1. The van der Waals surface area contributed by atoms with Crippen LogP contribution in [-0.2, 0) is 0 Å². The van der Waals surface area contributed by atoms with E-state index in [2.05, 4.69) is 13.8 Å². The number of Topliss-reactive ketones (excluding diaryl/α,β-unsaturated/α-hetero) is 1. The van der Waals surface area contributed by atoms with Gasteiger partial charge in [-0.25, -0.2) is 0 Å². The maximum atomic E-state index is 12.4. The quantitative estimate of drug-likeness (QED) is 0.804. The third kappa shape index (κ3) is 2.75. The van der Waals surface area contributed by atoms with Gasteiger partial charge in [0.25, 0.3) is 0 Å². The van der Waals surface area contributed by atoms with Crippen molar-refractivity contribution in [2.24, 2.45) is 0 Å². The Balaban J connectivity index is 2.35. The molecule has 1 aliphatic rings. The molecule has 3 nitrogen and oxygen atoms in total. The number of rotatable bonds is 5. The summed E-state index contributed by atoms with van der Waals surface area (Å²) >= 11 is 0. The van der Waals surface area contributed by atoms with E-state index in [4.69, 9.17) is 9.47 Å². The van der Waals surface area contributed by atoms with Crippen molar-refractivity contribution < 1.29 is 14.3 Å². The Morgan fingerprint density at radius 1 is 1.26 bits per heavy atom. The van der Waals surface area contributed by atoms with E-state index in [1.807, 2.05) is 12.1 Å². The van der Waals surface area contributed by atoms with Gasteiger partial charge in [0.15, 0.2) is 5.78 Å². The molecule has 1 aromatic rings. The Hall–Kier alpha value is -1.51. The van der Waals surface area contributed by atoms with Crippen LogP contribution in [0.15, 0.2) is 18.2 Å². The summed E-state index contributed by atoms with van der Waals surface area (Å²) in [5.74, 6) is 1.58. The minimum absolute atomic E-state index is 0.169. The molecule has 0 bridgehead atoms.